The number of phenolic OH excluding ortho intramolecular Hbond substituents is 1. The highest BCUT2D eigenvalue weighted by molar-refractivity contribution is 5.78. The first-order valence-corrected chi connectivity index (χ1v) is 6.24. The van der Waals surface area contributed by atoms with E-state index in [1.54, 1.807) is 36.2 Å². The van der Waals surface area contributed by atoms with Crippen LogP contribution in [0.3, 0.4) is 0 Å². The normalized spacial score (nSPS) is 22.3. The van der Waals surface area contributed by atoms with Gasteiger partial charge in [0.1, 0.15) is 5.75 Å². The van der Waals surface area contributed by atoms with Crippen molar-refractivity contribution in [3.8, 4) is 5.75 Å². The van der Waals surface area contributed by atoms with Crippen molar-refractivity contribution in [1.29, 1.82) is 0 Å². The molecule has 1 aromatic rings. The van der Waals surface area contributed by atoms with E-state index < -0.39 is 0 Å². The Bertz CT molecular complexity index is 410. The van der Waals surface area contributed by atoms with E-state index in [0.717, 1.165) is 18.4 Å². The van der Waals surface area contributed by atoms with Gasteiger partial charge in [0.25, 0.3) is 0 Å². The molecule has 1 aromatic carbocycles. The zero-order valence-electron chi connectivity index (χ0n) is 10.5. The predicted octanol–water partition coefficient (Wildman–Crippen LogP) is 1.16. The van der Waals surface area contributed by atoms with Gasteiger partial charge in [-0.2, -0.15) is 0 Å². The highest BCUT2D eigenvalue weighted by Gasteiger charge is 2.28. The molecule has 0 aliphatic heterocycles. The third-order valence-corrected chi connectivity index (χ3v) is 3.46. The highest BCUT2D eigenvalue weighted by atomic mass is 16.3. The van der Waals surface area contributed by atoms with Crippen molar-refractivity contribution < 1.29 is 15.0 Å². The minimum absolute atomic E-state index is 0.0714. The van der Waals surface area contributed by atoms with Crippen LogP contribution in [0.4, 0.5) is 0 Å². The fourth-order valence-electron chi connectivity index (χ4n) is 2.26. The number of likely N-dealkylation sites (N-methyl/N-ethyl adjacent to an activating group) is 1. The molecule has 1 aliphatic carbocycles. The van der Waals surface area contributed by atoms with Crippen LogP contribution in [-0.4, -0.2) is 40.7 Å². The maximum Gasteiger partial charge on any atom is 0.226 e. The van der Waals surface area contributed by atoms with E-state index >= 15 is 0 Å². The Balaban J connectivity index is 1.81. The fourth-order valence-corrected chi connectivity index (χ4v) is 2.26. The molecule has 1 saturated carbocycles. The lowest BCUT2D eigenvalue weighted by Crippen LogP contribution is -2.40. The van der Waals surface area contributed by atoms with Crippen LogP contribution in [0.2, 0.25) is 0 Å². The highest BCUT2D eigenvalue weighted by Crippen LogP contribution is 2.27. The van der Waals surface area contributed by atoms with Crippen LogP contribution < -0.4 is 0 Å². The maximum absolute atomic E-state index is 12.0. The summed E-state index contributed by atoms with van der Waals surface area (Å²) in [6.07, 6.45) is 1.79. The second kappa shape index (κ2) is 5.40. The third-order valence-electron chi connectivity index (χ3n) is 3.46. The minimum Gasteiger partial charge on any atom is -0.508 e. The molecule has 0 saturated heterocycles. The first kappa shape index (κ1) is 12.9. The van der Waals surface area contributed by atoms with Crippen molar-refractivity contribution in [2.75, 3.05) is 13.6 Å². The summed E-state index contributed by atoms with van der Waals surface area (Å²) in [6, 6.07) is 6.69. The molecule has 0 spiro atoms. The van der Waals surface area contributed by atoms with Crippen LogP contribution in [0.25, 0.3) is 0 Å². The molecule has 0 heterocycles. The van der Waals surface area contributed by atoms with Gasteiger partial charge in [-0.25, -0.2) is 0 Å². The summed E-state index contributed by atoms with van der Waals surface area (Å²) < 4.78 is 0. The third kappa shape index (κ3) is 3.23. The minimum atomic E-state index is -0.171. The van der Waals surface area contributed by atoms with Crippen molar-refractivity contribution in [2.24, 2.45) is 5.92 Å². The van der Waals surface area contributed by atoms with Gasteiger partial charge in [-0.15, -0.1) is 0 Å². The average Bonchev–Trinajstić information content (AvgIpc) is 2.30. The van der Waals surface area contributed by atoms with Crippen molar-refractivity contribution in [1.82, 2.24) is 4.90 Å². The van der Waals surface area contributed by atoms with Gasteiger partial charge in [0.15, 0.2) is 0 Å². The Hall–Kier alpha value is -1.55. The van der Waals surface area contributed by atoms with Gasteiger partial charge >= 0.3 is 0 Å². The predicted molar refractivity (Wildman–Crippen MR) is 68.2 cm³/mol. The number of carbonyl (C=O) groups excluding carboxylic acids is 1. The SMILES string of the molecule is CN(CC1CC(O)C1)C(=O)Cc1ccc(O)cc1. The first-order valence-electron chi connectivity index (χ1n) is 6.24. The quantitative estimate of drug-likeness (QED) is 0.842. The molecule has 2 N–H and O–H groups in total. The summed E-state index contributed by atoms with van der Waals surface area (Å²) in [5, 5.41) is 18.4. The topological polar surface area (TPSA) is 60.8 Å². The molecule has 0 atom stereocenters. The van der Waals surface area contributed by atoms with Gasteiger partial charge in [-0.1, -0.05) is 12.1 Å². The van der Waals surface area contributed by atoms with E-state index in [9.17, 15) is 9.90 Å². The molecule has 4 nitrogen and oxygen atoms in total. The van der Waals surface area contributed by atoms with Crippen LogP contribution in [0.15, 0.2) is 24.3 Å². The van der Waals surface area contributed by atoms with Crippen LogP contribution in [0.5, 0.6) is 5.75 Å². The Kier molecular flexibility index (Phi) is 3.87. The molecular weight excluding hydrogens is 230 g/mol. The molecule has 4 heteroatoms. The van der Waals surface area contributed by atoms with Gasteiger partial charge in [-0.05, 0) is 36.5 Å². The van der Waals surface area contributed by atoms with Gasteiger partial charge in [0.05, 0.1) is 12.5 Å². The van der Waals surface area contributed by atoms with Crippen molar-refractivity contribution in [3.63, 3.8) is 0 Å². The number of rotatable bonds is 4. The average molecular weight is 249 g/mol. The van der Waals surface area contributed by atoms with Crippen molar-refractivity contribution in [3.05, 3.63) is 29.8 Å². The summed E-state index contributed by atoms with van der Waals surface area (Å²) in [5.41, 5.74) is 0.901. The molecular formula is C14H19NO3. The number of hydrogen-bond acceptors (Lipinski definition) is 3. The smallest absolute Gasteiger partial charge is 0.226 e. The largest absolute Gasteiger partial charge is 0.508 e. The molecule has 1 fully saturated rings. The molecule has 98 valence electrons. The van der Waals surface area contributed by atoms with Crippen LogP contribution in [-0.2, 0) is 11.2 Å². The maximum atomic E-state index is 12.0. The first-order chi connectivity index (χ1) is 8.54. The Morgan fingerprint density at radius 2 is 1.94 bits per heavy atom. The van der Waals surface area contributed by atoms with E-state index in [-0.39, 0.29) is 17.8 Å². The van der Waals surface area contributed by atoms with E-state index in [2.05, 4.69) is 0 Å². The standard InChI is InChI=1S/C14H19NO3/c1-15(9-11-6-13(17)7-11)14(18)8-10-2-4-12(16)5-3-10/h2-5,11,13,16-17H,6-9H2,1H3. The lowest BCUT2D eigenvalue weighted by molar-refractivity contribution is -0.130. The second-order valence-electron chi connectivity index (χ2n) is 5.11. The number of hydrogen-bond donors (Lipinski definition) is 2. The summed E-state index contributed by atoms with van der Waals surface area (Å²) in [5.74, 6) is 0.721. The van der Waals surface area contributed by atoms with Gasteiger partial charge in [-0.3, -0.25) is 4.79 Å². The Labute approximate surface area is 107 Å². The Morgan fingerprint density at radius 3 is 2.50 bits per heavy atom. The second-order valence-corrected chi connectivity index (χ2v) is 5.11. The lowest BCUT2D eigenvalue weighted by Gasteiger charge is -2.34. The molecule has 0 radical (unpaired) electrons. The van der Waals surface area contributed by atoms with Crippen molar-refractivity contribution >= 4 is 5.91 Å². The van der Waals surface area contributed by atoms with Gasteiger partial charge < -0.3 is 15.1 Å². The van der Waals surface area contributed by atoms with Crippen molar-refractivity contribution in [2.45, 2.75) is 25.4 Å². The molecule has 0 bridgehead atoms. The molecule has 0 unspecified atom stereocenters. The number of aliphatic hydroxyl groups is 1. The Morgan fingerprint density at radius 1 is 1.33 bits per heavy atom. The number of aromatic hydroxyl groups is 1. The molecule has 1 aliphatic rings. The van der Waals surface area contributed by atoms with Crippen LogP contribution in [0, 0.1) is 5.92 Å². The molecule has 0 aromatic heterocycles. The summed E-state index contributed by atoms with van der Waals surface area (Å²) in [6.45, 7) is 0.716. The van der Waals surface area contributed by atoms with E-state index in [0.29, 0.717) is 18.9 Å². The number of carbonyl (C=O) groups is 1. The number of aliphatic hydroxyl groups excluding tert-OH is 1. The van der Waals surface area contributed by atoms with Crippen LogP contribution >= 0.6 is 0 Å². The van der Waals surface area contributed by atoms with Gasteiger partial charge in [0, 0.05) is 13.6 Å². The number of nitrogens with zero attached hydrogens (tertiary/aromatic N) is 1. The monoisotopic (exact) mass is 249 g/mol. The molecule has 1 amide bonds. The summed E-state index contributed by atoms with van der Waals surface area (Å²) >= 11 is 0. The van der Waals surface area contributed by atoms with E-state index in [4.69, 9.17) is 5.11 Å². The fraction of sp³-hybridized carbons (Fsp3) is 0.500. The molecule has 2 rings (SSSR count). The lowest BCUT2D eigenvalue weighted by atomic mass is 9.82. The number of amides is 1. The van der Waals surface area contributed by atoms with Gasteiger partial charge in [0.2, 0.25) is 5.91 Å². The summed E-state index contributed by atoms with van der Waals surface area (Å²) in [7, 11) is 1.80. The zero-order valence-corrected chi connectivity index (χ0v) is 10.5. The molecule has 18 heavy (non-hydrogen) atoms. The number of benzene rings is 1. The summed E-state index contributed by atoms with van der Waals surface area (Å²) in [4.78, 5) is 13.7. The number of phenols is 1. The van der Waals surface area contributed by atoms with Crippen LogP contribution in [0.1, 0.15) is 18.4 Å². The zero-order chi connectivity index (χ0) is 13.1. The van der Waals surface area contributed by atoms with E-state index in [1.807, 2.05) is 0 Å². The van der Waals surface area contributed by atoms with E-state index in [1.165, 1.54) is 0 Å².